The van der Waals surface area contributed by atoms with E-state index < -0.39 is 10.2 Å². The number of anilines is 1. The predicted octanol–water partition coefficient (Wildman–Crippen LogP) is -0.332. The first-order valence-electron chi connectivity index (χ1n) is 4.68. The SMILES string of the molecule is NC[C@H]1CN(c2ccccc2)S(=O)(=O)N1. The van der Waals surface area contributed by atoms with Crippen LogP contribution in [0.25, 0.3) is 0 Å². The molecule has 1 aliphatic rings. The largest absolute Gasteiger partial charge is 0.329 e. The molecule has 3 N–H and O–H groups in total. The fraction of sp³-hybridized carbons (Fsp3) is 0.333. The summed E-state index contributed by atoms with van der Waals surface area (Å²) in [7, 11) is -3.40. The Labute approximate surface area is 89.1 Å². The third-order valence-corrected chi connectivity index (χ3v) is 3.89. The summed E-state index contributed by atoms with van der Waals surface area (Å²) in [5.41, 5.74) is 6.11. The smallest absolute Gasteiger partial charge is 0.301 e. The molecule has 1 aromatic carbocycles. The van der Waals surface area contributed by atoms with Crippen LogP contribution in [0, 0.1) is 0 Å². The van der Waals surface area contributed by atoms with Crippen LogP contribution in [0.15, 0.2) is 30.3 Å². The van der Waals surface area contributed by atoms with E-state index in [1.54, 1.807) is 24.3 Å². The number of hydrogen-bond donors (Lipinski definition) is 2. The van der Waals surface area contributed by atoms with E-state index in [0.717, 1.165) is 0 Å². The molecule has 0 saturated carbocycles. The molecule has 1 aromatic rings. The van der Waals surface area contributed by atoms with E-state index in [2.05, 4.69) is 4.72 Å². The maximum absolute atomic E-state index is 11.7. The monoisotopic (exact) mass is 227 g/mol. The van der Waals surface area contributed by atoms with Crippen LogP contribution >= 0.6 is 0 Å². The lowest BCUT2D eigenvalue weighted by atomic mass is 10.3. The van der Waals surface area contributed by atoms with Crippen LogP contribution in [-0.2, 0) is 10.2 Å². The van der Waals surface area contributed by atoms with Gasteiger partial charge in [-0.05, 0) is 12.1 Å². The molecule has 1 heterocycles. The Hall–Kier alpha value is -1.11. The van der Waals surface area contributed by atoms with E-state index in [1.807, 2.05) is 6.07 Å². The van der Waals surface area contributed by atoms with Crippen molar-refractivity contribution in [3.05, 3.63) is 30.3 Å². The van der Waals surface area contributed by atoms with Crippen molar-refractivity contribution >= 4 is 15.9 Å². The van der Waals surface area contributed by atoms with Gasteiger partial charge >= 0.3 is 10.2 Å². The van der Waals surface area contributed by atoms with Crippen LogP contribution < -0.4 is 14.8 Å². The second kappa shape index (κ2) is 3.80. The fourth-order valence-corrected chi connectivity index (χ4v) is 3.07. The zero-order valence-corrected chi connectivity index (χ0v) is 8.94. The minimum Gasteiger partial charge on any atom is -0.329 e. The number of hydrogen-bond acceptors (Lipinski definition) is 3. The van der Waals surface area contributed by atoms with Crippen molar-refractivity contribution in [2.75, 3.05) is 17.4 Å². The molecular weight excluding hydrogens is 214 g/mol. The van der Waals surface area contributed by atoms with Crippen molar-refractivity contribution in [1.82, 2.24) is 4.72 Å². The van der Waals surface area contributed by atoms with Crippen molar-refractivity contribution in [3.8, 4) is 0 Å². The summed E-state index contributed by atoms with van der Waals surface area (Å²) < 4.78 is 27.2. The Morgan fingerprint density at radius 3 is 2.60 bits per heavy atom. The highest BCUT2D eigenvalue weighted by Crippen LogP contribution is 2.20. The summed E-state index contributed by atoms with van der Waals surface area (Å²) in [6.07, 6.45) is 0. The van der Waals surface area contributed by atoms with E-state index in [1.165, 1.54) is 4.31 Å². The average Bonchev–Trinajstić information content (AvgIpc) is 2.55. The molecule has 0 aliphatic carbocycles. The Bertz CT molecular complexity index is 432. The topological polar surface area (TPSA) is 75.4 Å². The summed E-state index contributed by atoms with van der Waals surface area (Å²) in [6.45, 7) is 0.700. The van der Waals surface area contributed by atoms with Crippen LogP contribution in [0.2, 0.25) is 0 Å². The second-order valence-corrected chi connectivity index (χ2v) is 5.05. The number of para-hydroxylation sites is 1. The molecule has 1 saturated heterocycles. The molecule has 0 radical (unpaired) electrons. The van der Waals surface area contributed by atoms with E-state index in [0.29, 0.717) is 18.8 Å². The van der Waals surface area contributed by atoms with E-state index in [-0.39, 0.29) is 6.04 Å². The molecular formula is C9H13N3O2S. The highest BCUT2D eigenvalue weighted by atomic mass is 32.2. The molecule has 0 unspecified atom stereocenters. The lowest BCUT2D eigenvalue weighted by Crippen LogP contribution is -2.33. The summed E-state index contributed by atoms with van der Waals surface area (Å²) in [6, 6.07) is 8.78. The summed E-state index contributed by atoms with van der Waals surface area (Å²) in [4.78, 5) is 0. The van der Waals surface area contributed by atoms with Crippen molar-refractivity contribution in [2.24, 2.45) is 5.73 Å². The fourth-order valence-electron chi connectivity index (χ4n) is 1.57. The molecule has 0 amide bonds. The molecule has 2 rings (SSSR count). The van der Waals surface area contributed by atoms with Gasteiger partial charge in [0.15, 0.2) is 0 Å². The van der Waals surface area contributed by atoms with Crippen LogP contribution in [-0.4, -0.2) is 27.5 Å². The minimum absolute atomic E-state index is 0.199. The van der Waals surface area contributed by atoms with Gasteiger partial charge in [0.1, 0.15) is 0 Å². The van der Waals surface area contributed by atoms with Gasteiger partial charge in [0.05, 0.1) is 18.3 Å². The van der Waals surface area contributed by atoms with Gasteiger partial charge in [0.25, 0.3) is 0 Å². The Morgan fingerprint density at radius 2 is 2.07 bits per heavy atom. The quantitative estimate of drug-likeness (QED) is 0.726. The van der Waals surface area contributed by atoms with Gasteiger partial charge < -0.3 is 5.73 Å². The number of rotatable bonds is 2. The van der Waals surface area contributed by atoms with Gasteiger partial charge in [0.2, 0.25) is 0 Å². The van der Waals surface area contributed by atoms with E-state index >= 15 is 0 Å². The van der Waals surface area contributed by atoms with Gasteiger partial charge in [-0.2, -0.15) is 13.1 Å². The molecule has 0 aromatic heterocycles. The predicted molar refractivity (Wildman–Crippen MR) is 58.7 cm³/mol. The number of nitrogens with one attached hydrogen (secondary N) is 1. The maximum atomic E-state index is 11.7. The van der Waals surface area contributed by atoms with Crippen LogP contribution in [0.3, 0.4) is 0 Å². The van der Waals surface area contributed by atoms with Crippen molar-refractivity contribution in [2.45, 2.75) is 6.04 Å². The van der Waals surface area contributed by atoms with Gasteiger partial charge in [0, 0.05) is 6.54 Å². The Kier molecular flexibility index (Phi) is 2.64. The van der Waals surface area contributed by atoms with Crippen molar-refractivity contribution < 1.29 is 8.42 Å². The highest BCUT2D eigenvalue weighted by Gasteiger charge is 2.34. The molecule has 15 heavy (non-hydrogen) atoms. The number of nitrogens with zero attached hydrogens (tertiary/aromatic N) is 1. The van der Waals surface area contributed by atoms with E-state index in [9.17, 15) is 8.42 Å². The Morgan fingerprint density at radius 1 is 1.40 bits per heavy atom. The molecule has 5 nitrogen and oxygen atoms in total. The molecule has 0 bridgehead atoms. The van der Waals surface area contributed by atoms with Gasteiger partial charge in [-0.25, -0.2) is 0 Å². The standard InChI is InChI=1S/C9H13N3O2S/c10-6-8-7-12(15(13,14)11-8)9-4-2-1-3-5-9/h1-5,8,11H,6-7,10H2/t8-/m0/s1. The third-order valence-electron chi connectivity index (χ3n) is 2.32. The number of benzene rings is 1. The first kappa shape index (κ1) is 10.4. The summed E-state index contributed by atoms with van der Waals surface area (Å²) >= 11 is 0. The van der Waals surface area contributed by atoms with Crippen molar-refractivity contribution in [1.29, 1.82) is 0 Å². The van der Waals surface area contributed by atoms with Crippen LogP contribution in [0.1, 0.15) is 0 Å². The van der Waals surface area contributed by atoms with Gasteiger partial charge in [-0.1, -0.05) is 18.2 Å². The summed E-state index contributed by atoms with van der Waals surface area (Å²) in [5, 5.41) is 0. The van der Waals surface area contributed by atoms with E-state index in [4.69, 9.17) is 5.73 Å². The normalized spacial score (nSPS) is 24.3. The Balaban J connectivity index is 2.31. The molecule has 0 spiro atoms. The maximum Gasteiger partial charge on any atom is 0.301 e. The molecule has 6 heteroatoms. The van der Waals surface area contributed by atoms with Crippen LogP contribution in [0.4, 0.5) is 5.69 Å². The third kappa shape index (κ3) is 1.97. The average molecular weight is 227 g/mol. The van der Waals surface area contributed by atoms with Crippen molar-refractivity contribution in [3.63, 3.8) is 0 Å². The zero-order chi connectivity index (χ0) is 10.9. The molecule has 82 valence electrons. The minimum atomic E-state index is -3.40. The zero-order valence-electron chi connectivity index (χ0n) is 8.13. The molecule has 1 aliphatic heterocycles. The first-order chi connectivity index (χ1) is 7.13. The van der Waals surface area contributed by atoms with Gasteiger partial charge in [-0.15, -0.1) is 0 Å². The lowest BCUT2D eigenvalue weighted by Gasteiger charge is -2.15. The van der Waals surface area contributed by atoms with Crippen LogP contribution in [0.5, 0.6) is 0 Å². The van der Waals surface area contributed by atoms with Gasteiger partial charge in [-0.3, -0.25) is 4.31 Å². The highest BCUT2D eigenvalue weighted by molar-refractivity contribution is 7.91. The summed E-state index contributed by atoms with van der Waals surface area (Å²) in [5.74, 6) is 0. The number of nitrogens with two attached hydrogens (primary N) is 1. The molecule has 1 fully saturated rings. The lowest BCUT2D eigenvalue weighted by molar-refractivity contribution is 0.583. The first-order valence-corrected chi connectivity index (χ1v) is 6.12. The second-order valence-electron chi connectivity index (χ2n) is 3.42. The molecule has 1 atom stereocenters.